The molecule has 196 valence electrons. The number of hydrogen-bond donors (Lipinski definition) is 1. The predicted octanol–water partition coefficient (Wildman–Crippen LogP) is 8.54. The number of carbonyl (C=O) groups excluding carboxylic acids is 2. The summed E-state index contributed by atoms with van der Waals surface area (Å²) in [6, 6.07) is 20.2. The summed E-state index contributed by atoms with van der Waals surface area (Å²) in [5, 5.41) is 4.10. The first-order valence-corrected chi connectivity index (χ1v) is 14.1. The molecule has 4 aromatic rings. The maximum atomic E-state index is 15.2. The molecule has 1 heterocycles. The first-order valence-electron chi connectivity index (χ1n) is 12.9. The van der Waals surface area contributed by atoms with Crippen LogP contribution in [0.4, 0.5) is 10.1 Å². The lowest BCUT2D eigenvalue weighted by Gasteiger charge is -2.36. The fourth-order valence-corrected chi connectivity index (χ4v) is 6.68. The molecule has 1 aliphatic rings. The largest absolute Gasteiger partial charge is 0.330 e. The Labute approximate surface area is 231 Å². The molecule has 5 rings (SSSR count). The van der Waals surface area contributed by atoms with Crippen LogP contribution in [0.15, 0.2) is 66.7 Å². The van der Waals surface area contributed by atoms with Gasteiger partial charge in [0.25, 0.3) is 5.91 Å². The number of hydrogen-bond acceptors (Lipinski definition) is 3. The average Bonchev–Trinajstić information content (AvgIpc) is 3.25. The Bertz CT molecular complexity index is 1480. The van der Waals surface area contributed by atoms with Crippen LogP contribution < -0.4 is 5.32 Å². The van der Waals surface area contributed by atoms with Gasteiger partial charge in [0, 0.05) is 40.8 Å². The maximum Gasteiger partial charge on any atom is 0.266 e. The summed E-state index contributed by atoms with van der Waals surface area (Å²) in [6.07, 6.45) is 3.86. The van der Waals surface area contributed by atoms with Crippen LogP contribution in [0.1, 0.15) is 54.8 Å². The van der Waals surface area contributed by atoms with E-state index >= 15 is 4.39 Å². The Balaban J connectivity index is 1.47. The van der Waals surface area contributed by atoms with E-state index in [0.29, 0.717) is 27.1 Å². The number of carbonyl (C=O) groups is 2. The first-order chi connectivity index (χ1) is 18.3. The zero-order chi connectivity index (χ0) is 26.8. The summed E-state index contributed by atoms with van der Waals surface area (Å²) in [5.74, 6) is 0.00677. The van der Waals surface area contributed by atoms with Gasteiger partial charge in [-0.3, -0.25) is 9.59 Å². The van der Waals surface area contributed by atoms with E-state index in [1.165, 1.54) is 24.3 Å². The minimum Gasteiger partial charge on any atom is -0.330 e. The number of thiophene rings is 1. The monoisotopic (exact) mass is 548 g/mol. The number of rotatable bonds is 6. The van der Waals surface area contributed by atoms with Gasteiger partial charge in [-0.1, -0.05) is 54.9 Å². The molecule has 1 aromatic heterocycles. The van der Waals surface area contributed by atoms with Crippen molar-refractivity contribution in [1.29, 1.82) is 0 Å². The molecule has 4 nitrogen and oxygen atoms in total. The quantitative estimate of drug-likeness (QED) is 0.262. The summed E-state index contributed by atoms with van der Waals surface area (Å²) in [5.41, 5.74) is 2.92. The number of halogens is 2. The highest BCUT2D eigenvalue weighted by atomic mass is 35.5. The lowest BCUT2D eigenvalue weighted by molar-refractivity contribution is -0.114. The zero-order valence-corrected chi connectivity index (χ0v) is 23.0. The van der Waals surface area contributed by atoms with Gasteiger partial charge < -0.3 is 10.2 Å². The predicted molar refractivity (Wildman–Crippen MR) is 154 cm³/mol. The van der Waals surface area contributed by atoms with E-state index in [2.05, 4.69) is 12.2 Å². The minimum atomic E-state index is -0.340. The Morgan fingerprint density at radius 3 is 2.37 bits per heavy atom. The molecular formula is C31H30ClFN2O2S. The second-order valence-electron chi connectivity index (χ2n) is 10.2. The number of nitrogens with one attached hydrogen (secondary N) is 1. The molecule has 38 heavy (non-hydrogen) atoms. The second-order valence-corrected chi connectivity index (χ2v) is 11.6. The number of anilines is 1. The third-order valence-corrected chi connectivity index (χ3v) is 9.00. The van der Waals surface area contributed by atoms with Crippen LogP contribution in [-0.4, -0.2) is 22.8 Å². The van der Waals surface area contributed by atoms with Crippen molar-refractivity contribution >= 4 is 50.5 Å². The van der Waals surface area contributed by atoms with Crippen molar-refractivity contribution in [2.75, 3.05) is 5.32 Å². The summed E-state index contributed by atoms with van der Waals surface area (Å²) < 4.78 is 16.2. The van der Waals surface area contributed by atoms with Crippen LogP contribution >= 0.6 is 22.9 Å². The van der Waals surface area contributed by atoms with E-state index in [0.717, 1.165) is 46.9 Å². The summed E-state index contributed by atoms with van der Waals surface area (Å²) in [4.78, 5) is 27.7. The van der Waals surface area contributed by atoms with Crippen LogP contribution in [0.2, 0.25) is 5.02 Å². The van der Waals surface area contributed by atoms with Crippen LogP contribution in [0, 0.1) is 11.7 Å². The van der Waals surface area contributed by atoms with Crippen molar-refractivity contribution < 1.29 is 14.0 Å². The number of nitrogens with zero attached hydrogens (tertiary/aromatic N) is 1. The Kier molecular flexibility index (Phi) is 7.82. The molecular weight excluding hydrogens is 519 g/mol. The van der Waals surface area contributed by atoms with Crippen molar-refractivity contribution in [1.82, 2.24) is 4.90 Å². The molecule has 7 heteroatoms. The van der Waals surface area contributed by atoms with Crippen molar-refractivity contribution in [3.8, 4) is 11.1 Å². The van der Waals surface area contributed by atoms with Crippen molar-refractivity contribution in [2.45, 2.75) is 52.1 Å². The molecule has 0 spiro atoms. The normalized spacial score (nSPS) is 17.4. The van der Waals surface area contributed by atoms with Gasteiger partial charge in [0.05, 0.1) is 5.02 Å². The van der Waals surface area contributed by atoms with E-state index in [9.17, 15) is 9.59 Å². The summed E-state index contributed by atoms with van der Waals surface area (Å²) in [6.45, 7) is 3.88. The van der Waals surface area contributed by atoms with Gasteiger partial charge >= 0.3 is 0 Å². The molecule has 0 bridgehead atoms. The average molecular weight is 549 g/mol. The van der Waals surface area contributed by atoms with E-state index in [1.54, 1.807) is 6.07 Å². The van der Waals surface area contributed by atoms with E-state index in [-0.39, 0.29) is 30.2 Å². The lowest BCUT2D eigenvalue weighted by Crippen LogP contribution is -2.41. The molecule has 1 aliphatic carbocycles. The van der Waals surface area contributed by atoms with Crippen LogP contribution in [0.25, 0.3) is 21.2 Å². The van der Waals surface area contributed by atoms with Crippen molar-refractivity contribution in [2.24, 2.45) is 5.92 Å². The second kappa shape index (κ2) is 11.3. The zero-order valence-electron chi connectivity index (χ0n) is 21.5. The summed E-state index contributed by atoms with van der Waals surface area (Å²) >= 11 is 8.10. The Hall–Kier alpha value is -3.22. The van der Waals surface area contributed by atoms with Gasteiger partial charge in [0.2, 0.25) is 5.91 Å². The van der Waals surface area contributed by atoms with Crippen LogP contribution in [0.3, 0.4) is 0 Å². The smallest absolute Gasteiger partial charge is 0.266 e. The standard InChI is InChI=1S/C31H30ClFN2O2S/c1-19-7-14-25(15-8-19)35(31(37)30-29(32)26-5-3-4-6-28(26)38-30)18-23-17-22(11-16-27(23)33)21-9-12-24(13-10-21)34-20(2)36/h3-6,9-13,16-17,19,25H,7-8,14-15,18H2,1-2H3,(H,34,36). The molecule has 0 radical (unpaired) electrons. The summed E-state index contributed by atoms with van der Waals surface area (Å²) in [7, 11) is 0. The van der Waals surface area contributed by atoms with Gasteiger partial charge in [0.15, 0.2) is 0 Å². The van der Waals surface area contributed by atoms with Gasteiger partial charge in [-0.05, 0) is 73.1 Å². The highest BCUT2D eigenvalue weighted by molar-refractivity contribution is 7.21. The molecule has 1 fully saturated rings. The molecule has 1 N–H and O–H groups in total. The molecule has 0 saturated heterocycles. The highest BCUT2D eigenvalue weighted by Gasteiger charge is 2.31. The minimum absolute atomic E-state index is 0.0278. The fourth-order valence-electron chi connectivity index (χ4n) is 5.21. The van der Waals surface area contributed by atoms with Crippen LogP contribution in [0.5, 0.6) is 0 Å². The van der Waals surface area contributed by atoms with E-state index < -0.39 is 0 Å². The van der Waals surface area contributed by atoms with Crippen molar-refractivity contribution in [3.05, 3.63) is 88.0 Å². The Morgan fingerprint density at radius 1 is 1.00 bits per heavy atom. The molecule has 0 unspecified atom stereocenters. The van der Waals surface area contributed by atoms with E-state index in [4.69, 9.17) is 11.6 Å². The third-order valence-electron chi connectivity index (χ3n) is 7.34. The number of benzene rings is 3. The van der Waals surface area contributed by atoms with E-state index in [1.807, 2.05) is 59.5 Å². The molecule has 3 aromatic carbocycles. The molecule has 2 amide bonds. The van der Waals surface area contributed by atoms with Gasteiger partial charge in [-0.2, -0.15) is 0 Å². The van der Waals surface area contributed by atoms with Gasteiger partial charge in [-0.25, -0.2) is 4.39 Å². The first kappa shape index (κ1) is 26.4. The highest BCUT2D eigenvalue weighted by Crippen LogP contribution is 2.38. The van der Waals surface area contributed by atoms with Gasteiger partial charge in [-0.15, -0.1) is 11.3 Å². The van der Waals surface area contributed by atoms with Crippen molar-refractivity contribution in [3.63, 3.8) is 0 Å². The molecule has 0 aliphatic heterocycles. The number of amides is 2. The molecule has 1 saturated carbocycles. The lowest BCUT2D eigenvalue weighted by atomic mass is 9.86. The third kappa shape index (κ3) is 5.62. The van der Waals surface area contributed by atoms with Crippen LogP contribution in [-0.2, 0) is 11.3 Å². The maximum absolute atomic E-state index is 15.2. The fraction of sp³-hybridized carbons (Fsp3) is 0.290. The SMILES string of the molecule is CC(=O)Nc1ccc(-c2ccc(F)c(CN(C(=O)c3sc4ccccc4c3Cl)C3CCC(C)CC3)c2)cc1. The van der Waals surface area contributed by atoms with Gasteiger partial charge in [0.1, 0.15) is 10.7 Å². The topological polar surface area (TPSA) is 49.4 Å². The number of fused-ring (bicyclic) bond motifs is 1. The molecule has 0 atom stereocenters. The Morgan fingerprint density at radius 2 is 1.68 bits per heavy atom.